The molecule has 1 aliphatic rings. The molecule has 0 saturated carbocycles. The summed E-state index contributed by atoms with van der Waals surface area (Å²) in [6.45, 7) is 0.707. The van der Waals surface area contributed by atoms with Crippen molar-refractivity contribution in [2.45, 2.75) is 18.6 Å². The molecule has 1 aromatic heterocycles. The average molecular weight is 324 g/mol. The van der Waals surface area contributed by atoms with Gasteiger partial charge in [-0.25, -0.2) is 4.98 Å². The van der Waals surface area contributed by atoms with E-state index < -0.39 is 0 Å². The van der Waals surface area contributed by atoms with Crippen LogP contribution < -0.4 is 10.6 Å². The number of anilines is 1. The van der Waals surface area contributed by atoms with E-state index in [9.17, 15) is 4.79 Å². The smallest absolute Gasteiger partial charge is 0.241 e. The summed E-state index contributed by atoms with van der Waals surface area (Å²) in [5, 5.41) is 6.05. The van der Waals surface area contributed by atoms with Gasteiger partial charge in [0.25, 0.3) is 0 Å². The predicted octanol–water partition coefficient (Wildman–Crippen LogP) is 2.08. The number of amides is 1. The van der Waals surface area contributed by atoms with Crippen LogP contribution in [0.5, 0.6) is 0 Å². The van der Waals surface area contributed by atoms with Gasteiger partial charge in [0.1, 0.15) is 0 Å². The number of methoxy groups -OCH3 is 1. The highest BCUT2D eigenvalue weighted by atomic mass is 35.5. The molecule has 1 aliphatic heterocycles. The van der Waals surface area contributed by atoms with Crippen molar-refractivity contribution in [3.8, 4) is 11.3 Å². The second-order valence-corrected chi connectivity index (χ2v) is 4.99. The Morgan fingerprint density at radius 3 is 2.77 bits per heavy atom. The zero-order valence-corrected chi connectivity index (χ0v) is 12.9. The van der Waals surface area contributed by atoms with Gasteiger partial charge in [-0.05, 0) is 30.7 Å². The summed E-state index contributed by atoms with van der Waals surface area (Å²) in [6, 6.07) is 7.26. The molecule has 1 saturated heterocycles. The van der Waals surface area contributed by atoms with Gasteiger partial charge in [-0.15, -0.1) is 12.4 Å². The van der Waals surface area contributed by atoms with Crippen LogP contribution in [0, 0.1) is 0 Å². The fourth-order valence-corrected chi connectivity index (χ4v) is 2.39. The molecule has 0 aliphatic carbocycles. The van der Waals surface area contributed by atoms with E-state index in [1.54, 1.807) is 13.3 Å². The summed E-state index contributed by atoms with van der Waals surface area (Å²) in [6.07, 6.45) is 3.84. The van der Waals surface area contributed by atoms with E-state index in [4.69, 9.17) is 9.15 Å². The maximum Gasteiger partial charge on any atom is 0.241 e. The van der Waals surface area contributed by atoms with Crippen LogP contribution in [0.2, 0.25) is 0 Å². The van der Waals surface area contributed by atoms with Gasteiger partial charge in [0, 0.05) is 24.9 Å². The normalized spacial score (nSPS) is 20.4. The Balaban J connectivity index is 0.00000176. The van der Waals surface area contributed by atoms with Gasteiger partial charge in [0.2, 0.25) is 5.91 Å². The Bertz CT molecular complexity index is 601. The van der Waals surface area contributed by atoms with Crippen molar-refractivity contribution in [1.29, 1.82) is 0 Å². The topological polar surface area (TPSA) is 76.4 Å². The molecule has 2 N–H and O–H groups in total. The summed E-state index contributed by atoms with van der Waals surface area (Å²) < 4.78 is 10.5. The number of carbonyl (C=O) groups excluding carboxylic acids is 1. The van der Waals surface area contributed by atoms with E-state index in [1.807, 2.05) is 24.3 Å². The molecule has 3 rings (SSSR count). The third kappa shape index (κ3) is 3.65. The van der Waals surface area contributed by atoms with Crippen molar-refractivity contribution < 1.29 is 13.9 Å². The number of hydrogen-bond acceptors (Lipinski definition) is 5. The molecule has 2 heterocycles. The van der Waals surface area contributed by atoms with E-state index in [2.05, 4.69) is 15.6 Å². The van der Waals surface area contributed by atoms with E-state index in [1.165, 1.54) is 6.39 Å². The molecule has 0 spiro atoms. The molecule has 1 amide bonds. The number of rotatable bonds is 4. The lowest BCUT2D eigenvalue weighted by Gasteiger charge is -2.11. The van der Waals surface area contributed by atoms with Crippen LogP contribution >= 0.6 is 12.4 Å². The monoisotopic (exact) mass is 323 g/mol. The van der Waals surface area contributed by atoms with Crippen molar-refractivity contribution in [2.75, 3.05) is 19.0 Å². The highest BCUT2D eigenvalue weighted by Crippen LogP contribution is 2.21. The van der Waals surface area contributed by atoms with Crippen LogP contribution in [0.15, 0.2) is 41.3 Å². The quantitative estimate of drug-likeness (QED) is 0.901. The summed E-state index contributed by atoms with van der Waals surface area (Å²) in [7, 11) is 1.66. The van der Waals surface area contributed by atoms with E-state index in [0.717, 1.165) is 11.3 Å². The molecule has 118 valence electrons. The summed E-state index contributed by atoms with van der Waals surface area (Å²) in [5.74, 6) is 0.662. The number of aromatic nitrogens is 1. The molecule has 0 unspecified atom stereocenters. The van der Waals surface area contributed by atoms with Gasteiger partial charge in [-0.3, -0.25) is 4.79 Å². The SMILES string of the molecule is CO[C@@H]1CN[C@@H](C(=O)Nc2ccc(-c3cnco3)cc2)C1.Cl. The Labute approximate surface area is 134 Å². The zero-order chi connectivity index (χ0) is 14.7. The number of nitrogens with one attached hydrogen (secondary N) is 2. The molecular weight excluding hydrogens is 306 g/mol. The third-order valence-corrected chi connectivity index (χ3v) is 3.61. The van der Waals surface area contributed by atoms with Gasteiger partial charge in [0.05, 0.1) is 18.3 Å². The van der Waals surface area contributed by atoms with Crippen LogP contribution in [0.1, 0.15) is 6.42 Å². The maximum absolute atomic E-state index is 12.1. The molecule has 1 fully saturated rings. The first-order valence-corrected chi connectivity index (χ1v) is 6.82. The number of oxazole rings is 1. The van der Waals surface area contributed by atoms with Crippen LogP contribution in [0.25, 0.3) is 11.3 Å². The molecule has 6 nitrogen and oxygen atoms in total. The number of benzene rings is 1. The number of nitrogens with zero attached hydrogens (tertiary/aromatic N) is 1. The maximum atomic E-state index is 12.1. The molecule has 0 bridgehead atoms. The van der Waals surface area contributed by atoms with Gasteiger partial charge < -0.3 is 19.8 Å². The lowest BCUT2D eigenvalue weighted by atomic mass is 10.1. The summed E-state index contributed by atoms with van der Waals surface area (Å²) in [4.78, 5) is 16.0. The summed E-state index contributed by atoms with van der Waals surface area (Å²) >= 11 is 0. The lowest BCUT2D eigenvalue weighted by Crippen LogP contribution is -2.35. The van der Waals surface area contributed by atoms with Crippen LogP contribution in [-0.2, 0) is 9.53 Å². The Hall–Kier alpha value is -1.89. The highest BCUT2D eigenvalue weighted by molar-refractivity contribution is 5.95. The van der Waals surface area contributed by atoms with Crippen molar-refractivity contribution in [3.63, 3.8) is 0 Å². The molecule has 0 radical (unpaired) electrons. The van der Waals surface area contributed by atoms with Crippen LogP contribution in [0.4, 0.5) is 5.69 Å². The van der Waals surface area contributed by atoms with Crippen molar-refractivity contribution in [1.82, 2.24) is 10.3 Å². The Kier molecular flexibility index (Phi) is 5.54. The average Bonchev–Trinajstić information content (AvgIpc) is 3.19. The van der Waals surface area contributed by atoms with Gasteiger partial charge in [-0.2, -0.15) is 0 Å². The van der Waals surface area contributed by atoms with Crippen molar-refractivity contribution in [3.05, 3.63) is 36.9 Å². The fourth-order valence-electron chi connectivity index (χ4n) is 2.39. The standard InChI is InChI=1S/C15H17N3O3.ClH/c1-20-12-6-13(17-7-12)15(19)18-11-4-2-10(3-5-11)14-8-16-9-21-14;/h2-5,8-9,12-13,17H,6-7H2,1H3,(H,18,19);1H/t12-,13+;/m0./s1. The first-order chi connectivity index (χ1) is 10.3. The Morgan fingerprint density at radius 1 is 1.41 bits per heavy atom. The third-order valence-electron chi connectivity index (χ3n) is 3.61. The predicted molar refractivity (Wildman–Crippen MR) is 85.0 cm³/mol. The molecule has 2 atom stereocenters. The first-order valence-electron chi connectivity index (χ1n) is 6.82. The number of ether oxygens (including phenoxy) is 1. The largest absolute Gasteiger partial charge is 0.444 e. The molecule has 22 heavy (non-hydrogen) atoms. The number of halogens is 1. The first kappa shape index (κ1) is 16.5. The minimum Gasteiger partial charge on any atom is -0.444 e. The van der Waals surface area contributed by atoms with E-state index in [0.29, 0.717) is 18.7 Å². The van der Waals surface area contributed by atoms with Gasteiger partial charge >= 0.3 is 0 Å². The van der Waals surface area contributed by atoms with Gasteiger partial charge in [0.15, 0.2) is 12.2 Å². The summed E-state index contributed by atoms with van der Waals surface area (Å²) in [5.41, 5.74) is 1.68. The lowest BCUT2D eigenvalue weighted by molar-refractivity contribution is -0.118. The Morgan fingerprint density at radius 2 is 2.18 bits per heavy atom. The van der Waals surface area contributed by atoms with Crippen LogP contribution in [-0.4, -0.2) is 36.7 Å². The number of hydrogen-bond donors (Lipinski definition) is 2. The second kappa shape index (κ2) is 7.40. The minimum absolute atomic E-state index is 0. The van der Waals surface area contributed by atoms with E-state index >= 15 is 0 Å². The second-order valence-electron chi connectivity index (χ2n) is 4.99. The molecular formula is C15H18ClN3O3. The van der Waals surface area contributed by atoms with Crippen LogP contribution in [0.3, 0.4) is 0 Å². The molecule has 7 heteroatoms. The van der Waals surface area contributed by atoms with Gasteiger partial charge in [-0.1, -0.05) is 0 Å². The molecule has 1 aromatic carbocycles. The van der Waals surface area contributed by atoms with Crippen molar-refractivity contribution >= 4 is 24.0 Å². The highest BCUT2D eigenvalue weighted by Gasteiger charge is 2.29. The van der Waals surface area contributed by atoms with Crippen molar-refractivity contribution in [2.24, 2.45) is 0 Å². The number of carbonyl (C=O) groups is 1. The van der Waals surface area contributed by atoms with E-state index in [-0.39, 0.29) is 30.5 Å². The zero-order valence-electron chi connectivity index (χ0n) is 12.1. The fraction of sp³-hybridized carbons (Fsp3) is 0.333. The minimum atomic E-state index is -0.205. The molecule has 2 aromatic rings.